The zero-order valence-corrected chi connectivity index (χ0v) is 17.1. The van der Waals surface area contributed by atoms with Gasteiger partial charge in [-0.1, -0.05) is 6.07 Å². The van der Waals surface area contributed by atoms with Gasteiger partial charge in [0.15, 0.2) is 0 Å². The van der Waals surface area contributed by atoms with Crippen LogP contribution >= 0.6 is 0 Å². The predicted molar refractivity (Wildman–Crippen MR) is 115 cm³/mol. The van der Waals surface area contributed by atoms with E-state index in [1.807, 2.05) is 13.0 Å². The maximum atomic E-state index is 12.6. The molecule has 0 unspecified atom stereocenters. The molecule has 8 nitrogen and oxygen atoms in total. The lowest BCUT2D eigenvalue weighted by atomic mass is 10.1. The van der Waals surface area contributed by atoms with E-state index in [9.17, 15) is 19.5 Å². The second-order valence-corrected chi connectivity index (χ2v) is 7.14. The zero-order valence-electron chi connectivity index (χ0n) is 17.1. The standard InChI is InChI=1S/C22H26N4O4/c1-3-23-20(28)16-7-8-19(15(2)13-16)24-21(29)22(30)26-11-9-25(10-12-26)17-5-4-6-18(27)14-17/h4-8,13-14,27H,3,9-12H2,1-2H3,(H,23,28)(H,24,29). The van der Waals surface area contributed by atoms with Crippen molar-refractivity contribution in [2.24, 2.45) is 0 Å². The molecule has 1 aliphatic rings. The van der Waals surface area contributed by atoms with Gasteiger partial charge in [-0.2, -0.15) is 0 Å². The average Bonchev–Trinajstić information content (AvgIpc) is 2.75. The number of amides is 3. The van der Waals surface area contributed by atoms with E-state index in [4.69, 9.17) is 0 Å². The molecular formula is C22H26N4O4. The van der Waals surface area contributed by atoms with E-state index < -0.39 is 11.8 Å². The highest BCUT2D eigenvalue weighted by atomic mass is 16.3. The fraction of sp³-hybridized carbons (Fsp3) is 0.318. The van der Waals surface area contributed by atoms with Gasteiger partial charge in [0.2, 0.25) is 0 Å². The summed E-state index contributed by atoms with van der Waals surface area (Å²) in [5.74, 6) is -1.27. The van der Waals surface area contributed by atoms with Crippen molar-refractivity contribution in [3.8, 4) is 5.75 Å². The molecule has 0 aromatic heterocycles. The van der Waals surface area contributed by atoms with Crippen molar-refractivity contribution in [3.05, 3.63) is 53.6 Å². The molecule has 2 aromatic rings. The van der Waals surface area contributed by atoms with Crippen LogP contribution in [0, 0.1) is 6.92 Å². The first-order chi connectivity index (χ1) is 14.4. The van der Waals surface area contributed by atoms with E-state index in [2.05, 4.69) is 15.5 Å². The van der Waals surface area contributed by atoms with Crippen LogP contribution in [0.15, 0.2) is 42.5 Å². The average molecular weight is 410 g/mol. The lowest BCUT2D eigenvalue weighted by Gasteiger charge is -2.35. The molecule has 1 saturated heterocycles. The SMILES string of the molecule is CCNC(=O)c1ccc(NC(=O)C(=O)N2CCN(c3cccc(O)c3)CC2)c(C)c1. The molecule has 158 valence electrons. The Hall–Kier alpha value is -3.55. The van der Waals surface area contributed by atoms with Crippen LogP contribution in [0.3, 0.4) is 0 Å². The van der Waals surface area contributed by atoms with Crippen molar-refractivity contribution < 1.29 is 19.5 Å². The Morgan fingerprint density at radius 2 is 1.77 bits per heavy atom. The van der Waals surface area contributed by atoms with Crippen LogP contribution in [-0.4, -0.2) is 60.5 Å². The molecule has 0 spiro atoms. The highest BCUT2D eigenvalue weighted by Crippen LogP contribution is 2.21. The molecule has 1 heterocycles. The molecule has 3 amide bonds. The quantitative estimate of drug-likeness (QED) is 0.667. The smallest absolute Gasteiger partial charge is 0.313 e. The summed E-state index contributed by atoms with van der Waals surface area (Å²) >= 11 is 0. The van der Waals surface area contributed by atoms with E-state index in [0.717, 1.165) is 5.69 Å². The van der Waals surface area contributed by atoms with Gasteiger partial charge < -0.3 is 25.5 Å². The van der Waals surface area contributed by atoms with Gasteiger partial charge in [0, 0.05) is 55.7 Å². The molecule has 3 N–H and O–H groups in total. The molecule has 0 bridgehead atoms. The van der Waals surface area contributed by atoms with Gasteiger partial charge >= 0.3 is 11.8 Å². The van der Waals surface area contributed by atoms with Crippen LogP contribution in [-0.2, 0) is 9.59 Å². The van der Waals surface area contributed by atoms with Gasteiger partial charge in [-0.05, 0) is 49.7 Å². The third-order valence-corrected chi connectivity index (χ3v) is 5.03. The number of hydrogen-bond donors (Lipinski definition) is 3. The Labute approximate surface area is 175 Å². The summed E-state index contributed by atoms with van der Waals surface area (Å²) in [4.78, 5) is 40.5. The number of carbonyl (C=O) groups excluding carboxylic acids is 3. The lowest BCUT2D eigenvalue weighted by molar-refractivity contribution is -0.143. The first-order valence-electron chi connectivity index (χ1n) is 9.92. The number of nitrogens with one attached hydrogen (secondary N) is 2. The maximum absolute atomic E-state index is 12.6. The number of rotatable bonds is 4. The number of phenolic OH excluding ortho intramolecular Hbond substituents is 1. The number of anilines is 2. The number of hydrogen-bond acceptors (Lipinski definition) is 5. The highest BCUT2D eigenvalue weighted by Gasteiger charge is 2.26. The minimum absolute atomic E-state index is 0.181. The number of nitrogens with zero attached hydrogens (tertiary/aromatic N) is 2. The fourth-order valence-electron chi connectivity index (χ4n) is 3.38. The third kappa shape index (κ3) is 4.89. The number of aromatic hydroxyl groups is 1. The van der Waals surface area contributed by atoms with Gasteiger partial charge in [0.05, 0.1) is 0 Å². The van der Waals surface area contributed by atoms with Crippen molar-refractivity contribution in [1.29, 1.82) is 0 Å². The summed E-state index contributed by atoms with van der Waals surface area (Å²) in [6.07, 6.45) is 0. The van der Waals surface area contributed by atoms with Crippen molar-refractivity contribution in [2.45, 2.75) is 13.8 Å². The first-order valence-corrected chi connectivity index (χ1v) is 9.92. The maximum Gasteiger partial charge on any atom is 0.313 e. The van der Waals surface area contributed by atoms with Crippen LogP contribution < -0.4 is 15.5 Å². The van der Waals surface area contributed by atoms with Crippen LogP contribution in [0.2, 0.25) is 0 Å². The molecule has 0 aliphatic carbocycles. The van der Waals surface area contributed by atoms with E-state index in [-0.39, 0.29) is 11.7 Å². The van der Waals surface area contributed by atoms with E-state index in [1.54, 1.807) is 43.3 Å². The molecule has 8 heteroatoms. The van der Waals surface area contributed by atoms with E-state index in [1.165, 1.54) is 4.90 Å². The summed E-state index contributed by atoms with van der Waals surface area (Å²) in [7, 11) is 0. The number of piperazine rings is 1. The lowest BCUT2D eigenvalue weighted by Crippen LogP contribution is -2.51. The molecule has 0 atom stereocenters. The summed E-state index contributed by atoms with van der Waals surface area (Å²) in [6.45, 7) is 6.12. The van der Waals surface area contributed by atoms with Gasteiger partial charge in [0.1, 0.15) is 5.75 Å². The molecule has 30 heavy (non-hydrogen) atoms. The molecule has 0 saturated carbocycles. The van der Waals surface area contributed by atoms with Gasteiger partial charge in [0.25, 0.3) is 5.91 Å². The molecule has 1 fully saturated rings. The second-order valence-electron chi connectivity index (χ2n) is 7.14. The largest absolute Gasteiger partial charge is 0.508 e. The molecule has 2 aromatic carbocycles. The second kappa shape index (κ2) is 9.30. The number of benzene rings is 2. The Balaban J connectivity index is 1.57. The van der Waals surface area contributed by atoms with E-state index in [0.29, 0.717) is 49.5 Å². The minimum Gasteiger partial charge on any atom is -0.508 e. The van der Waals surface area contributed by atoms with Crippen molar-refractivity contribution in [3.63, 3.8) is 0 Å². The molecule has 1 aliphatic heterocycles. The molecule has 3 rings (SSSR count). The summed E-state index contributed by atoms with van der Waals surface area (Å²) in [6, 6.07) is 11.9. The van der Waals surface area contributed by atoms with Crippen LogP contribution in [0.25, 0.3) is 0 Å². The predicted octanol–water partition coefficient (Wildman–Crippen LogP) is 1.74. The van der Waals surface area contributed by atoms with Gasteiger partial charge in [-0.15, -0.1) is 0 Å². The minimum atomic E-state index is -0.699. The van der Waals surface area contributed by atoms with Crippen LogP contribution in [0.1, 0.15) is 22.8 Å². The third-order valence-electron chi connectivity index (χ3n) is 5.03. The highest BCUT2D eigenvalue weighted by molar-refractivity contribution is 6.39. The van der Waals surface area contributed by atoms with Crippen molar-refractivity contribution in [1.82, 2.24) is 10.2 Å². The summed E-state index contributed by atoms with van der Waals surface area (Å²) in [5, 5.41) is 15.0. The van der Waals surface area contributed by atoms with Gasteiger partial charge in [-0.25, -0.2) is 0 Å². The van der Waals surface area contributed by atoms with Crippen molar-refractivity contribution >= 4 is 29.1 Å². The Bertz CT molecular complexity index is 952. The Kier molecular flexibility index (Phi) is 6.56. The van der Waals surface area contributed by atoms with Crippen molar-refractivity contribution in [2.75, 3.05) is 42.9 Å². The normalized spacial score (nSPS) is 13.7. The summed E-state index contributed by atoms with van der Waals surface area (Å²) < 4.78 is 0. The first kappa shape index (κ1) is 21.2. The molecule has 0 radical (unpaired) electrons. The van der Waals surface area contributed by atoms with Gasteiger partial charge in [-0.3, -0.25) is 14.4 Å². The topological polar surface area (TPSA) is 102 Å². The Morgan fingerprint density at radius 3 is 2.40 bits per heavy atom. The summed E-state index contributed by atoms with van der Waals surface area (Å²) in [5.41, 5.74) is 2.59. The van der Waals surface area contributed by atoms with Crippen LogP contribution in [0.4, 0.5) is 11.4 Å². The fourth-order valence-corrected chi connectivity index (χ4v) is 3.38. The zero-order chi connectivity index (χ0) is 21.7. The number of aryl methyl sites for hydroxylation is 1. The number of carbonyl (C=O) groups is 3. The number of phenols is 1. The monoisotopic (exact) mass is 410 g/mol. The van der Waals surface area contributed by atoms with Crippen LogP contribution in [0.5, 0.6) is 5.75 Å². The molecular weight excluding hydrogens is 384 g/mol. The van der Waals surface area contributed by atoms with E-state index >= 15 is 0 Å². The Morgan fingerprint density at radius 1 is 1.03 bits per heavy atom.